The zero-order valence-corrected chi connectivity index (χ0v) is 7.77. The van der Waals surface area contributed by atoms with E-state index in [1.807, 2.05) is 0 Å². The van der Waals surface area contributed by atoms with Crippen LogP contribution in [-0.4, -0.2) is 14.9 Å². The summed E-state index contributed by atoms with van der Waals surface area (Å²) in [5, 5.41) is 10.5. The van der Waals surface area contributed by atoms with E-state index in [9.17, 15) is 10.1 Å². The standard InChI is InChI=1S/C8H5N3O2S/c12-11(13)8-2-1-7(14-8)6-5-9-3-4-10-6/h1-5H. The van der Waals surface area contributed by atoms with Crippen LogP contribution in [0.4, 0.5) is 5.00 Å². The molecule has 0 spiro atoms. The molecule has 0 atom stereocenters. The molecular weight excluding hydrogens is 202 g/mol. The number of rotatable bonds is 2. The van der Waals surface area contributed by atoms with Gasteiger partial charge in [0.25, 0.3) is 0 Å². The Morgan fingerprint density at radius 2 is 2.21 bits per heavy atom. The zero-order valence-electron chi connectivity index (χ0n) is 6.95. The second-order valence-electron chi connectivity index (χ2n) is 2.49. The number of thiophene rings is 1. The summed E-state index contributed by atoms with van der Waals surface area (Å²) in [6, 6.07) is 3.14. The fourth-order valence-electron chi connectivity index (χ4n) is 0.990. The number of hydrogen-bond acceptors (Lipinski definition) is 5. The van der Waals surface area contributed by atoms with Crippen molar-refractivity contribution in [1.29, 1.82) is 0 Å². The van der Waals surface area contributed by atoms with E-state index in [-0.39, 0.29) is 5.00 Å². The lowest BCUT2D eigenvalue weighted by atomic mass is 10.4. The Kier molecular flexibility index (Phi) is 2.19. The van der Waals surface area contributed by atoms with Crippen molar-refractivity contribution < 1.29 is 4.92 Å². The summed E-state index contributed by atoms with van der Waals surface area (Å²) in [6.07, 6.45) is 4.70. The maximum absolute atomic E-state index is 10.4. The molecule has 2 rings (SSSR count). The SMILES string of the molecule is O=[N+]([O-])c1ccc(-c2cnccn2)s1. The summed E-state index contributed by atoms with van der Waals surface area (Å²) in [6.45, 7) is 0. The quantitative estimate of drug-likeness (QED) is 0.558. The molecule has 0 amide bonds. The molecule has 0 radical (unpaired) electrons. The normalized spacial score (nSPS) is 10.0. The number of hydrogen-bond donors (Lipinski definition) is 0. The highest BCUT2D eigenvalue weighted by Gasteiger charge is 2.11. The van der Waals surface area contributed by atoms with E-state index in [2.05, 4.69) is 9.97 Å². The van der Waals surface area contributed by atoms with Gasteiger partial charge in [-0.25, -0.2) is 0 Å². The van der Waals surface area contributed by atoms with Crippen molar-refractivity contribution in [3.8, 4) is 10.6 Å². The first kappa shape index (κ1) is 8.76. The van der Waals surface area contributed by atoms with Crippen LogP contribution in [0.3, 0.4) is 0 Å². The molecule has 5 nitrogen and oxygen atoms in total. The molecule has 0 N–H and O–H groups in total. The van der Waals surface area contributed by atoms with Gasteiger partial charge in [0.05, 0.1) is 21.7 Å². The van der Waals surface area contributed by atoms with Crippen molar-refractivity contribution in [3.63, 3.8) is 0 Å². The highest BCUT2D eigenvalue weighted by molar-refractivity contribution is 7.18. The van der Waals surface area contributed by atoms with Crippen LogP contribution in [0.1, 0.15) is 0 Å². The van der Waals surface area contributed by atoms with Gasteiger partial charge in [0.15, 0.2) is 0 Å². The minimum absolute atomic E-state index is 0.116. The lowest BCUT2D eigenvalue weighted by molar-refractivity contribution is -0.380. The maximum Gasteiger partial charge on any atom is 0.324 e. The van der Waals surface area contributed by atoms with Gasteiger partial charge in [0.2, 0.25) is 0 Å². The van der Waals surface area contributed by atoms with Crippen LogP contribution in [0, 0.1) is 10.1 Å². The van der Waals surface area contributed by atoms with Gasteiger partial charge < -0.3 is 0 Å². The third-order valence-electron chi connectivity index (χ3n) is 1.59. The molecule has 0 fully saturated rings. The van der Waals surface area contributed by atoms with Crippen LogP contribution in [0.2, 0.25) is 0 Å². The Balaban J connectivity index is 2.39. The first-order valence-electron chi connectivity index (χ1n) is 3.78. The van der Waals surface area contributed by atoms with E-state index in [4.69, 9.17) is 0 Å². The molecule has 0 aliphatic rings. The first-order valence-corrected chi connectivity index (χ1v) is 4.59. The monoisotopic (exact) mass is 207 g/mol. The van der Waals surface area contributed by atoms with Crippen LogP contribution in [-0.2, 0) is 0 Å². The Hall–Kier alpha value is -1.82. The van der Waals surface area contributed by atoms with Gasteiger partial charge in [-0.1, -0.05) is 11.3 Å². The molecule has 6 heteroatoms. The lowest BCUT2D eigenvalue weighted by Gasteiger charge is -1.91. The average molecular weight is 207 g/mol. The number of aromatic nitrogens is 2. The van der Waals surface area contributed by atoms with Crippen LogP contribution >= 0.6 is 11.3 Å². The van der Waals surface area contributed by atoms with Crippen LogP contribution in [0.25, 0.3) is 10.6 Å². The lowest BCUT2D eigenvalue weighted by Crippen LogP contribution is -1.81. The molecule has 70 valence electrons. The maximum atomic E-state index is 10.4. The molecule has 2 aromatic heterocycles. The Morgan fingerprint density at radius 1 is 1.36 bits per heavy atom. The number of nitrogens with zero attached hydrogens (tertiary/aromatic N) is 3. The van der Waals surface area contributed by atoms with Crippen molar-refractivity contribution in [2.75, 3.05) is 0 Å². The van der Waals surface area contributed by atoms with Crippen molar-refractivity contribution in [3.05, 3.63) is 40.8 Å². The van der Waals surface area contributed by atoms with Crippen molar-refractivity contribution in [2.24, 2.45) is 0 Å². The summed E-state index contributed by atoms with van der Waals surface area (Å²) < 4.78 is 0. The van der Waals surface area contributed by atoms with E-state index in [1.54, 1.807) is 24.7 Å². The van der Waals surface area contributed by atoms with E-state index in [0.29, 0.717) is 5.69 Å². The molecule has 0 aliphatic carbocycles. The molecule has 0 unspecified atom stereocenters. The fourth-order valence-corrected chi connectivity index (χ4v) is 1.77. The van der Waals surface area contributed by atoms with Gasteiger partial charge in [0, 0.05) is 18.5 Å². The van der Waals surface area contributed by atoms with Gasteiger partial charge in [-0.05, 0) is 6.07 Å². The van der Waals surface area contributed by atoms with Crippen molar-refractivity contribution >= 4 is 16.3 Å². The van der Waals surface area contributed by atoms with Gasteiger partial charge in [-0.2, -0.15) is 0 Å². The molecule has 2 aromatic rings. The van der Waals surface area contributed by atoms with Crippen molar-refractivity contribution in [2.45, 2.75) is 0 Å². The highest BCUT2D eigenvalue weighted by Crippen LogP contribution is 2.30. The van der Waals surface area contributed by atoms with Gasteiger partial charge >= 0.3 is 5.00 Å². The third kappa shape index (κ3) is 1.60. The second-order valence-corrected chi connectivity index (χ2v) is 3.55. The third-order valence-corrected chi connectivity index (χ3v) is 2.65. The minimum Gasteiger partial charge on any atom is -0.261 e. The van der Waals surface area contributed by atoms with E-state index < -0.39 is 4.92 Å². The van der Waals surface area contributed by atoms with E-state index in [0.717, 1.165) is 16.2 Å². The summed E-state index contributed by atoms with van der Waals surface area (Å²) in [7, 11) is 0. The molecule has 0 bridgehead atoms. The number of nitro groups is 1. The van der Waals surface area contributed by atoms with Crippen LogP contribution in [0.5, 0.6) is 0 Å². The summed E-state index contributed by atoms with van der Waals surface area (Å²) in [5.41, 5.74) is 0.658. The molecule has 0 aliphatic heterocycles. The van der Waals surface area contributed by atoms with Gasteiger partial charge in [-0.15, -0.1) is 0 Å². The highest BCUT2D eigenvalue weighted by atomic mass is 32.1. The second kappa shape index (κ2) is 3.51. The van der Waals surface area contributed by atoms with Crippen molar-refractivity contribution in [1.82, 2.24) is 9.97 Å². The largest absolute Gasteiger partial charge is 0.324 e. The predicted molar refractivity (Wildman–Crippen MR) is 52.0 cm³/mol. The Bertz CT molecular complexity index is 455. The smallest absolute Gasteiger partial charge is 0.261 e. The summed E-state index contributed by atoms with van der Waals surface area (Å²) >= 11 is 1.09. The molecular formula is C8H5N3O2S. The van der Waals surface area contributed by atoms with E-state index in [1.165, 1.54) is 6.07 Å². The summed E-state index contributed by atoms with van der Waals surface area (Å²) in [4.78, 5) is 18.7. The summed E-state index contributed by atoms with van der Waals surface area (Å²) in [5.74, 6) is 0. The van der Waals surface area contributed by atoms with Crippen LogP contribution in [0.15, 0.2) is 30.7 Å². The fraction of sp³-hybridized carbons (Fsp3) is 0. The van der Waals surface area contributed by atoms with Crippen LogP contribution < -0.4 is 0 Å². The molecule has 14 heavy (non-hydrogen) atoms. The van der Waals surface area contributed by atoms with E-state index >= 15 is 0 Å². The molecule has 0 saturated carbocycles. The molecule has 0 saturated heterocycles. The Labute approximate surface area is 83.2 Å². The predicted octanol–water partition coefficient (Wildman–Crippen LogP) is 2.11. The molecule has 0 aromatic carbocycles. The zero-order chi connectivity index (χ0) is 9.97. The average Bonchev–Trinajstić information content (AvgIpc) is 2.68. The topological polar surface area (TPSA) is 68.9 Å². The van der Waals surface area contributed by atoms with Gasteiger partial charge in [0.1, 0.15) is 0 Å². The Morgan fingerprint density at radius 3 is 2.79 bits per heavy atom. The minimum atomic E-state index is -0.412. The van der Waals surface area contributed by atoms with Gasteiger partial charge in [-0.3, -0.25) is 20.1 Å². The molecule has 2 heterocycles. The first-order chi connectivity index (χ1) is 6.77.